The van der Waals surface area contributed by atoms with Crippen LogP contribution < -0.4 is 15.4 Å². The summed E-state index contributed by atoms with van der Waals surface area (Å²) in [6, 6.07) is 6.88. The van der Waals surface area contributed by atoms with Crippen LogP contribution in [0.15, 0.2) is 55.5 Å². The van der Waals surface area contributed by atoms with Gasteiger partial charge in [-0.15, -0.1) is 0 Å². The van der Waals surface area contributed by atoms with Gasteiger partial charge in [0.2, 0.25) is 17.7 Å². The number of aromatic nitrogens is 4. The number of carbonyl (C=O) groups excluding carboxylic acids is 1. The largest absolute Gasteiger partial charge is 0.437 e. The first-order valence-corrected chi connectivity index (χ1v) is 9.50. The maximum Gasteiger partial charge on any atom is 0.247 e. The van der Waals surface area contributed by atoms with Crippen molar-refractivity contribution in [3.8, 4) is 11.6 Å². The third-order valence-corrected chi connectivity index (χ3v) is 4.50. The molecule has 148 valence electrons. The minimum absolute atomic E-state index is 0.196. The summed E-state index contributed by atoms with van der Waals surface area (Å²) in [6.07, 6.45) is 8.84. The van der Waals surface area contributed by atoms with Gasteiger partial charge < -0.3 is 15.4 Å². The lowest BCUT2D eigenvalue weighted by molar-refractivity contribution is -0.111. The average Bonchev–Trinajstić information content (AvgIpc) is 3.42. The molecule has 2 aromatic heterocycles. The number of amides is 1. The highest BCUT2D eigenvalue weighted by Gasteiger charge is 2.22. The number of anilines is 3. The highest BCUT2D eigenvalue weighted by Crippen LogP contribution is 2.31. The van der Waals surface area contributed by atoms with E-state index in [0.717, 1.165) is 18.2 Å². The first kappa shape index (κ1) is 18.9. The summed E-state index contributed by atoms with van der Waals surface area (Å²) in [5.74, 6) is 1.43. The Morgan fingerprint density at radius 1 is 1.34 bits per heavy atom. The van der Waals surface area contributed by atoms with Crippen molar-refractivity contribution in [1.29, 1.82) is 0 Å². The van der Waals surface area contributed by atoms with Gasteiger partial charge in [-0.05, 0) is 37.0 Å². The Balaban J connectivity index is 1.46. The van der Waals surface area contributed by atoms with Crippen molar-refractivity contribution in [2.45, 2.75) is 19.4 Å². The molecule has 29 heavy (non-hydrogen) atoms. The van der Waals surface area contributed by atoms with Gasteiger partial charge in [0.05, 0.1) is 18.1 Å². The normalized spacial score (nSPS) is 13.0. The van der Waals surface area contributed by atoms with E-state index in [1.165, 1.54) is 25.1 Å². The van der Waals surface area contributed by atoms with Crippen LogP contribution >= 0.6 is 11.6 Å². The van der Waals surface area contributed by atoms with Crippen molar-refractivity contribution < 1.29 is 9.53 Å². The molecule has 0 saturated heterocycles. The summed E-state index contributed by atoms with van der Waals surface area (Å²) < 4.78 is 7.70. The number of nitrogens with zero attached hydrogens (tertiary/aromatic N) is 4. The predicted molar refractivity (Wildman–Crippen MR) is 111 cm³/mol. The Morgan fingerprint density at radius 3 is 3.00 bits per heavy atom. The topological polar surface area (TPSA) is 94.0 Å². The van der Waals surface area contributed by atoms with E-state index in [9.17, 15) is 4.79 Å². The minimum atomic E-state index is -0.309. The van der Waals surface area contributed by atoms with Gasteiger partial charge in [-0.25, -0.2) is 4.98 Å². The number of nitrogens with one attached hydrogen (secondary N) is 2. The van der Waals surface area contributed by atoms with Gasteiger partial charge in [-0.1, -0.05) is 24.2 Å². The molecule has 3 aromatic rings. The van der Waals surface area contributed by atoms with E-state index < -0.39 is 0 Å². The molecule has 1 aliphatic carbocycles. The summed E-state index contributed by atoms with van der Waals surface area (Å²) in [6.45, 7) is 4.36. The maximum atomic E-state index is 11.5. The van der Waals surface area contributed by atoms with Crippen LogP contribution in [0.4, 0.5) is 17.3 Å². The van der Waals surface area contributed by atoms with E-state index in [0.29, 0.717) is 17.4 Å². The second-order valence-electron chi connectivity index (χ2n) is 6.69. The molecular formula is C20H19ClN6O2. The molecule has 2 N–H and O–H groups in total. The fourth-order valence-corrected chi connectivity index (χ4v) is 2.78. The standard InChI is InChI=1S/C20H19ClN6O2/c1-2-18(28)24-14-4-3-5-16(8-14)29-19-17(21)10-22-20(26-19)25-15-9-23-27(12-15)11-13-6-7-13/h2-5,8-10,12-13H,1,6-7,11H2,(H,24,28)(H,22,25,26). The SMILES string of the molecule is C=CC(=O)Nc1cccc(Oc2nc(Nc3cnn(CC4CC4)c3)ncc2Cl)c1. The van der Waals surface area contributed by atoms with Crippen LogP contribution in [0.2, 0.25) is 5.02 Å². The van der Waals surface area contributed by atoms with E-state index in [2.05, 4.69) is 32.3 Å². The molecule has 0 atom stereocenters. The molecule has 1 saturated carbocycles. The third kappa shape index (κ3) is 5.11. The van der Waals surface area contributed by atoms with Crippen molar-refractivity contribution in [2.24, 2.45) is 5.92 Å². The molecule has 0 spiro atoms. The van der Waals surface area contributed by atoms with Crippen molar-refractivity contribution in [2.75, 3.05) is 10.6 Å². The quantitative estimate of drug-likeness (QED) is 0.534. The van der Waals surface area contributed by atoms with Crippen LogP contribution in [-0.4, -0.2) is 25.7 Å². The molecule has 1 aromatic carbocycles. The first-order valence-electron chi connectivity index (χ1n) is 9.12. The lowest BCUT2D eigenvalue weighted by Crippen LogP contribution is -2.07. The minimum Gasteiger partial charge on any atom is -0.437 e. The number of rotatable bonds is 8. The van der Waals surface area contributed by atoms with Crippen molar-refractivity contribution >= 4 is 34.8 Å². The second-order valence-corrected chi connectivity index (χ2v) is 7.10. The fourth-order valence-electron chi connectivity index (χ4n) is 2.65. The van der Waals surface area contributed by atoms with Crippen molar-refractivity contribution in [1.82, 2.24) is 19.7 Å². The number of hydrogen-bond acceptors (Lipinski definition) is 6. The smallest absolute Gasteiger partial charge is 0.247 e. The van der Waals surface area contributed by atoms with Gasteiger partial charge in [-0.2, -0.15) is 10.1 Å². The molecule has 1 amide bonds. The van der Waals surface area contributed by atoms with E-state index in [-0.39, 0.29) is 16.8 Å². The predicted octanol–water partition coefficient (Wildman–Crippen LogP) is 4.40. The highest BCUT2D eigenvalue weighted by atomic mass is 35.5. The molecule has 0 aliphatic heterocycles. The van der Waals surface area contributed by atoms with Gasteiger partial charge in [-0.3, -0.25) is 9.48 Å². The summed E-state index contributed by atoms with van der Waals surface area (Å²) in [7, 11) is 0. The van der Waals surface area contributed by atoms with Crippen LogP contribution in [0.25, 0.3) is 0 Å². The number of hydrogen-bond donors (Lipinski definition) is 2. The van der Waals surface area contributed by atoms with Gasteiger partial charge in [0.25, 0.3) is 0 Å². The maximum absolute atomic E-state index is 11.5. The average molecular weight is 411 g/mol. The Hall–Kier alpha value is -3.39. The van der Waals surface area contributed by atoms with Crippen LogP contribution in [0, 0.1) is 5.92 Å². The highest BCUT2D eigenvalue weighted by molar-refractivity contribution is 6.31. The number of carbonyl (C=O) groups is 1. The lowest BCUT2D eigenvalue weighted by Gasteiger charge is -2.10. The van der Waals surface area contributed by atoms with E-state index in [1.807, 2.05) is 10.9 Å². The molecule has 0 unspecified atom stereocenters. The van der Waals surface area contributed by atoms with Crippen LogP contribution in [-0.2, 0) is 11.3 Å². The first-order chi connectivity index (χ1) is 14.1. The monoisotopic (exact) mass is 410 g/mol. The zero-order chi connectivity index (χ0) is 20.2. The molecule has 4 rings (SSSR count). The third-order valence-electron chi connectivity index (χ3n) is 4.24. The Bertz CT molecular complexity index is 1050. The van der Waals surface area contributed by atoms with Gasteiger partial charge in [0, 0.05) is 24.5 Å². The molecule has 2 heterocycles. The molecular weight excluding hydrogens is 392 g/mol. The van der Waals surface area contributed by atoms with Crippen molar-refractivity contribution in [3.05, 3.63) is 60.5 Å². The molecule has 9 heteroatoms. The summed E-state index contributed by atoms with van der Waals surface area (Å²) in [5.41, 5.74) is 1.35. The molecule has 1 aliphatic rings. The fraction of sp³-hybridized carbons (Fsp3) is 0.200. The van der Waals surface area contributed by atoms with E-state index >= 15 is 0 Å². The number of ether oxygens (including phenoxy) is 1. The molecule has 1 fully saturated rings. The van der Waals surface area contributed by atoms with Crippen LogP contribution in [0.1, 0.15) is 12.8 Å². The van der Waals surface area contributed by atoms with Gasteiger partial charge >= 0.3 is 0 Å². The molecule has 8 nitrogen and oxygen atoms in total. The second kappa shape index (κ2) is 8.32. The summed E-state index contributed by atoms with van der Waals surface area (Å²) in [4.78, 5) is 20.0. The Kier molecular flexibility index (Phi) is 5.44. The number of halogens is 1. The Morgan fingerprint density at radius 2 is 2.21 bits per heavy atom. The Labute approximate surface area is 172 Å². The van der Waals surface area contributed by atoms with Crippen LogP contribution in [0.3, 0.4) is 0 Å². The van der Waals surface area contributed by atoms with E-state index in [1.54, 1.807) is 30.5 Å². The van der Waals surface area contributed by atoms with Gasteiger partial charge in [0.15, 0.2) is 0 Å². The number of benzene rings is 1. The van der Waals surface area contributed by atoms with E-state index in [4.69, 9.17) is 16.3 Å². The zero-order valence-electron chi connectivity index (χ0n) is 15.5. The summed E-state index contributed by atoms with van der Waals surface area (Å²) in [5, 5.41) is 10.4. The lowest BCUT2D eigenvalue weighted by atomic mass is 10.3. The summed E-state index contributed by atoms with van der Waals surface area (Å²) >= 11 is 6.19. The molecule has 0 radical (unpaired) electrons. The van der Waals surface area contributed by atoms with Crippen molar-refractivity contribution in [3.63, 3.8) is 0 Å². The molecule has 0 bridgehead atoms. The van der Waals surface area contributed by atoms with Crippen LogP contribution in [0.5, 0.6) is 11.6 Å². The van der Waals surface area contributed by atoms with Gasteiger partial charge in [0.1, 0.15) is 10.8 Å². The zero-order valence-corrected chi connectivity index (χ0v) is 16.3.